The van der Waals surface area contributed by atoms with Crippen molar-refractivity contribution in [2.24, 2.45) is 0 Å². The van der Waals surface area contributed by atoms with Crippen LogP contribution in [0.3, 0.4) is 0 Å². The van der Waals surface area contributed by atoms with Gasteiger partial charge in [-0.2, -0.15) is 0 Å². The van der Waals surface area contributed by atoms with Gasteiger partial charge < -0.3 is 15.4 Å². The molecule has 3 aromatic rings. The molecular formula is C21H19BrFN3O2. The lowest BCUT2D eigenvalue weighted by atomic mass is 10.2. The van der Waals surface area contributed by atoms with E-state index >= 15 is 0 Å². The van der Waals surface area contributed by atoms with Gasteiger partial charge in [-0.1, -0.05) is 18.2 Å². The third kappa shape index (κ3) is 5.53. The van der Waals surface area contributed by atoms with Crippen LogP contribution in [-0.2, 0) is 0 Å². The highest BCUT2D eigenvalue weighted by atomic mass is 79.9. The summed E-state index contributed by atoms with van der Waals surface area (Å²) in [5.41, 5.74) is 1.36. The Morgan fingerprint density at radius 3 is 2.68 bits per heavy atom. The van der Waals surface area contributed by atoms with E-state index in [0.717, 1.165) is 18.7 Å². The number of rotatable bonds is 8. The predicted molar refractivity (Wildman–Crippen MR) is 110 cm³/mol. The monoisotopic (exact) mass is 443 g/mol. The van der Waals surface area contributed by atoms with Crippen LogP contribution in [0.2, 0.25) is 0 Å². The number of amides is 1. The molecule has 0 unspecified atom stereocenters. The summed E-state index contributed by atoms with van der Waals surface area (Å²) in [4.78, 5) is 16.6. The first-order valence-corrected chi connectivity index (χ1v) is 9.58. The van der Waals surface area contributed by atoms with Gasteiger partial charge in [-0.15, -0.1) is 0 Å². The summed E-state index contributed by atoms with van der Waals surface area (Å²) in [6.45, 7) is 1.25. The first-order valence-electron chi connectivity index (χ1n) is 8.78. The fourth-order valence-corrected chi connectivity index (χ4v) is 2.91. The highest BCUT2D eigenvalue weighted by Crippen LogP contribution is 2.30. The molecule has 2 aromatic carbocycles. The van der Waals surface area contributed by atoms with Gasteiger partial charge in [-0.05, 0) is 64.8 Å². The summed E-state index contributed by atoms with van der Waals surface area (Å²) in [6, 6.07) is 17.2. The minimum atomic E-state index is -0.387. The third-order valence-corrected chi connectivity index (χ3v) is 4.48. The van der Waals surface area contributed by atoms with Crippen LogP contribution in [-0.4, -0.2) is 24.0 Å². The molecule has 0 saturated carbocycles. The number of ether oxygens (including phenoxy) is 1. The van der Waals surface area contributed by atoms with Crippen molar-refractivity contribution in [2.75, 3.05) is 18.4 Å². The molecule has 0 saturated heterocycles. The van der Waals surface area contributed by atoms with Gasteiger partial charge in [0.05, 0.1) is 4.47 Å². The van der Waals surface area contributed by atoms with Gasteiger partial charge in [0.15, 0.2) is 0 Å². The second kappa shape index (κ2) is 9.85. The fraction of sp³-hybridized carbons (Fsp3) is 0.143. The fourth-order valence-electron chi connectivity index (χ4n) is 2.48. The predicted octanol–water partition coefficient (Wildman–Crippen LogP) is 5.01. The van der Waals surface area contributed by atoms with Gasteiger partial charge in [-0.25, -0.2) is 9.37 Å². The third-order valence-electron chi connectivity index (χ3n) is 3.86. The van der Waals surface area contributed by atoms with E-state index in [1.54, 1.807) is 12.1 Å². The molecule has 1 amide bonds. The van der Waals surface area contributed by atoms with E-state index in [1.807, 2.05) is 30.3 Å². The van der Waals surface area contributed by atoms with Crippen molar-refractivity contribution >= 4 is 27.5 Å². The molecule has 144 valence electrons. The maximum absolute atomic E-state index is 13.2. The maximum atomic E-state index is 13.2. The molecule has 28 heavy (non-hydrogen) atoms. The van der Waals surface area contributed by atoms with E-state index in [9.17, 15) is 9.18 Å². The van der Waals surface area contributed by atoms with Crippen LogP contribution in [0.4, 0.5) is 10.1 Å². The van der Waals surface area contributed by atoms with Crippen molar-refractivity contribution in [1.82, 2.24) is 10.3 Å². The smallest absolute Gasteiger partial charge is 0.256 e. The Morgan fingerprint density at radius 1 is 1.07 bits per heavy atom. The lowest BCUT2D eigenvalue weighted by molar-refractivity contribution is 0.0950. The van der Waals surface area contributed by atoms with Gasteiger partial charge >= 0.3 is 0 Å². The molecule has 1 aromatic heterocycles. The molecule has 7 heteroatoms. The quantitative estimate of drug-likeness (QED) is 0.480. The van der Waals surface area contributed by atoms with Crippen molar-refractivity contribution in [3.8, 4) is 11.6 Å². The van der Waals surface area contributed by atoms with Gasteiger partial charge in [0.25, 0.3) is 5.91 Å². The Kier molecular flexibility index (Phi) is 6.97. The largest absolute Gasteiger partial charge is 0.437 e. The standard InChI is InChI=1S/C21H19BrFN3O2/c22-18-14-15(23)9-10-19(18)28-21-17(8-4-11-26-21)20(27)25-13-5-12-24-16-6-2-1-3-7-16/h1-4,6-11,14,24H,5,12-13H2,(H,25,27). The van der Waals surface area contributed by atoms with Crippen LogP contribution in [0.15, 0.2) is 71.3 Å². The molecule has 2 N–H and O–H groups in total. The Labute approximate surface area is 171 Å². The van der Waals surface area contributed by atoms with E-state index in [1.165, 1.54) is 24.4 Å². The van der Waals surface area contributed by atoms with Crippen LogP contribution in [0.25, 0.3) is 0 Å². The number of para-hydroxylation sites is 1. The summed E-state index contributed by atoms with van der Waals surface area (Å²) in [5, 5.41) is 6.15. The number of halogens is 2. The van der Waals surface area contributed by atoms with Crippen molar-refractivity contribution in [3.05, 3.63) is 82.7 Å². The first kappa shape index (κ1) is 19.8. The Balaban J connectivity index is 1.55. The normalized spacial score (nSPS) is 10.4. The van der Waals surface area contributed by atoms with Gasteiger partial charge in [0.1, 0.15) is 17.1 Å². The SMILES string of the molecule is O=C(NCCCNc1ccccc1)c1cccnc1Oc1ccc(F)cc1Br. The molecule has 0 radical (unpaired) electrons. The summed E-state index contributed by atoms with van der Waals surface area (Å²) in [6.07, 6.45) is 2.30. The van der Waals surface area contributed by atoms with Crippen molar-refractivity contribution in [2.45, 2.75) is 6.42 Å². The van der Waals surface area contributed by atoms with E-state index in [0.29, 0.717) is 22.3 Å². The molecule has 0 spiro atoms. The number of anilines is 1. The average Bonchev–Trinajstić information content (AvgIpc) is 2.71. The van der Waals surface area contributed by atoms with E-state index in [2.05, 4.69) is 31.5 Å². The van der Waals surface area contributed by atoms with Crippen LogP contribution < -0.4 is 15.4 Å². The molecule has 0 bridgehead atoms. The lowest BCUT2D eigenvalue weighted by Crippen LogP contribution is -2.26. The summed E-state index contributed by atoms with van der Waals surface area (Å²) in [7, 11) is 0. The number of pyridine rings is 1. The molecule has 5 nitrogen and oxygen atoms in total. The molecule has 0 aliphatic rings. The number of nitrogens with one attached hydrogen (secondary N) is 2. The average molecular weight is 444 g/mol. The molecular weight excluding hydrogens is 425 g/mol. The van der Waals surface area contributed by atoms with E-state index in [4.69, 9.17) is 4.74 Å². The second-order valence-corrected chi connectivity index (χ2v) is 6.79. The lowest BCUT2D eigenvalue weighted by Gasteiger charge is -2.12. The zero-order chi connectivity index (χ0) is 19.8. The van der Waals surface area contributed by atoms with Crippen molar-refractivity contribution in [1.29, 1.82) is 0 Å². The molecule has 1 heterocycles. The number of carbonyl (C=O) groups is 1. The number of aromatic nitrogens is 1. The van der Waals surface area contributed by atoms with Crippen LogP contribution in [0.1, 0.15) is 16.8 Å². The van der Waals surface area contributed by atoms with Crippen LogP contribution in [0, 0.1) is 5.82 Å². The summed E-state index contributed by atoms with van der Waals surface area (Å²) >= 11 is 3.24. The highest BCUT2D eigenvalue weighted by molar-refractivity contribution is 9.10. The molecule has 3 rings (SSSR count). The minimum absolute atomic E-state index is 0.162. The zero-order valence-corrected chi connectivity index (χ0v) is 16.6. The number of nitrogens with zero attached hydrogens (tertiary/aromatic N) is 1. The van der Waals surface area contributed by atoms with E-state index < -0.39 is 0 Å². The molecule has 0 atom stereocenters. The summed E-state index contributed by atoms with van der Waals surface area (Å²) < 4.78 is 19.4. The van der Waals surface area contributed by atoms with Crippen molar-refractivity contribution < 1.29 is 13.9 Å². The Morgan fingerprint density at radius 2 is 1.89 bits per heavy atom. The molecule has 0 fully saturated rings. The van der Waals surface area contributed by atoms with Crippen LogP contribution in [0.5, 0.6) is 11.6 Å². The van der Waals surface area contributed by atoms with Crippen LogP contribution >= 0.6 is 15.9 Å². The number of hydrogen-bond acceptors (Lipinski definition) is 4. The topological polar surface area (TPSA) is 63.2 Å². The highest BCUT2D eigenvalue weighted by Gasteiger charge is 2.15. The summed E-state index contributed by atoms with van der Waals surface area (Å²) in [5.74, 6) is -0.126. The maximum Gasteiger partial charge on any atom is 0.256 e. The van der Waals surface area contributed by atoms with Gasteiger partial charge in [-0.3, -0.25) is 4.79 Å². The van der Waals surface area contributed by atoms with Crippen molar-refractivity contribution in [3.63, 3.8) is 0 Å². The van der Waals surface area contributed by atoms with E-state index in [-0.39, 0.29) is 17.6 Å². The number of hydrogen-bond donors (Lipinski definition) is 2. The Bertz CT molecular complexity index is 938. The molecule has 0 aliphatic carbocycles. The second-order valence-electron chi connectivity index (χ2n) is 5.94. The zero-order valence-electron chi connectivity index (χ0n) is 15.0. The van der Waals surface area contributed by atoms with Gasteiger partial charge in [0.2, 0.25) is 5.88 Å². The number of carbonyl (C=O) groups excluding carboxylic acids is 1. The Hall–Kier alpha value is -2.93. The minimum Gasteiger partial charge on any atom is -0.437 e. The number of benzene rings is 2. The first-order chi connectivity index (χ1) is 13.6. The van der Waals surface area contributed by atoms with Gasteiger partial charge in [0, 0.05) is 25.0 Å². The molecule has 0 aliphatic heterocycles.